The van der Waals surface area contributed by atoms with Gasteiger partial charge in [-0.25, -0.2) is 0 Å². The first-order valence-electron chi connectivity index (χ1n) is 5.63. The number of nitrogens with zero attached hydrogens (tertiary/aromatic N) is 1. The van der Waals surface area contributed by atoms with Crippen molar-refractivity contribution in [3.8, 4) is 12.3 Å². The summed E-state index contributed by atoms with van der Waals surface area (Å²) < 4.78 is 1.60. The van der Waals surface area contributed by atoms with Crippen LogP contribution in [-0.2, 0) is 6.54 Å². The minimum atomic E-state index is -0.0353. The summed E-state index contributed by atoms with van der Waals surface area (Å²) in [7, 11) is 0. The van der Waals surface area contributed by atoms with Crippen molar-refractivity contribution in [2.45, 2.75) is 6.54 Å². The Labute approximate surface area is 110 Å². The predicted molar refractivity (Wildman–Crippen MR) is 78.8 cm³/mol. The maximum atomic E-state index is 12.2. The highest BCUT2D eigenvalue weighted by atomic mass is 32.2. The van der Waals surface area contributed by atoms with E-state index in [1.807, 2.05) is 30.3 Å². The van der Waals surface area contributed by atoms with Gasteiger partial charge in [-0.1, -0.05) is 24.1 Å². The number of nitrogen functional groups attached to an aromatic ring is 1. The number of hydrogen-bond acceptors (Lipinski definition) is 3. The monoisotopic (exact) mass is 258 g/mol. The Kier molecular flexibility index (Phi) is 3.96. The van der Waals surface area contributed by atoms with Gasteiger partial charge in [0.25, 0.3) is 5.56 Å². The van der Waals surface area contributed by atoms with E-state index in [1.165, 1.54) is 0 Å². The van der Waals surface area contributed by atoms with Crippen LogP contribution >= 0.6 is 11.8 Å². The van der Waals surface area contributed by atoms with Crippen LogP contribution in [0.1, 0.15) is 0 Å². The number of nitrogens with two attached hydrogens (primary N) is 1. The van der Waals surface area contributed by atoms with E-state index in [-0.39, 0.29) is 5.56 Å². The molecule has 4 heteroatoms. The molecule has 0 atom stereocenters. The third-order valence-corrected chi connectivity index (χ3v) is 3.54. The van der Waals surface area contributed by atoms with Gasteiger partial charge in [0.05, 0.1) is 5.75 Å². The Morgan fingerprint density at radius 2 is 2.17 bits per heavy atom. The fourth-order valence-electron chi connectivity index (χ4n) is 1.84. The highest BCUT2D eigenvalue weighted by molar-refractivity contribution is 7.99. The van der Waals surface area contributed by atoms with Gasteiger partial charge in [-0.2, -0.15) is 0 Å². The van der Waals surface area contributed by atoms with Crippen molar-refractivity contribution in [2.75, 3.05) is 17.2 Å². The van der Waals surface area contributed by atoms with Crippen molar-refractivity contribution in [3.05, 3.63) is 40.7 Å². The maximum absolute atomic E-state index is 12.2. The highest BCUT2D eigenvalue weighted by Gasteiger charge is 2.06. The lowest BCUT2D eigenvalue weighted by Crippen LogP contribution is -2.24. The SMILES string of the molecule is C#CCSCCn1c(N)cc2ccccc2c1=O. The zero-order valence-corrected chi connectivity index (χ0v) is 10.7. The second-order valence-corrected chi connectivity index (χ2v) is 4.98. The molecule has 1 aromatic carbocycles. The quantitative estimate of drug-likeness (QED) is 0.673. The van der Waals surface area contributed by atoms with Crippen LogP contribution in [0, 0.1) is 12.3 Å². The average molecular weight is 258 g/mol. The van der Waals surface area contributed by atoms with Gasteiger partial charge in [-0.3, -0.25) is 9.36 Å². The van der Waals surface area contributed by atoms with Gasteiger partial charge in [0, 0.05) is 17.7 Å². The third-order valence-electron chi connectivity index (χ3n) is 2.70. The van der Waals surface area contributed by atoms with E-state index in [2.05, 4.69) is 5.92 Å². The first kappa shape index (κ1) is 12.6. The second kappa shape index (κ2) is 5.65. The lowest BCUT2D eigenvalue weighted by atomic mass is 10.1. The number of aromatic nitrogens is 1. The van der Waals surface area contributed by atoms with E-state index in [0.29, 0.717) is 23.5 Å². The molecule has 0 aliphatic rings. The van der Waals surface area contributed by atoms with E-state index < -0.39 is 0 Å². The molecule has 0 bridgehead atoms. The van der Waals surface area contributed by atoms with Crippen LogP contribution in [-0.4, -0.2) is 16.1 Å². The molecule has 1 aromatic heterocycles. The number of terminal acetylenes is 1. The molecule has 0 saturated heterocycles. The van der Waals surface area contributed by atoms with Gasteiger partial charge in [0.1, 0.15) is 5.82 Å². The van der Waals surface area contributed by atoms with Gasteiger partial charge in [0.2, 0.25) is 0 Å². The summed E-state index contributed by atoms with van der Waals surface area (Å²) in [5.74, 6) is 4.50. The fourth-order valence-corrected chi connectivity index (χ4v) is 2.41. The van der Waals surface area contributed by atoms with Crippen molar-refractivity contribution in [1.29, 1.82) is 0 Å². The van der Waals surface area contributed by atoms with Crippen molar-refractivity contribution in [1.82, 2.24) is 4.57 Å². The summed E-state index contributed by atoms with van der Waals surface area (Å²) in [5.41, 5.74) is 5.88. The molecule has 0 aliphatic carbocycles. The van der Waals surface area contributed by atoms with Crippen LogP contribution in [0.15, 0.2) is 35.1 Å². The molecular formula is C14H14N2OS. The molecule has 92 valence electrons. The molecule has 0 saturated carbocycles. The zero-order chi connectivity index (χ0) is 13.0. The Morgan fingerprint density at radius 3 is 2.94 bits per heavy atom. The molecule has 2 aromatic rings. The summed E-state index contributed by atoms with van der Waals surface area (Å²) in [5, 5.41) is 1.58. The van der Waals surface area contributed by atoms with E-state index in [4.69, 9.17) is 12.2 Å². The van der Waals surface area contributed by atoms with Crippen LogP contribution in [0.3, 0.4) is 0 Å². The lowest BCUT2D eigenvalue weighted by Gasteiger charge is -2.10. The number of rotatable bonds is 4. The Balaban J connectivity index is 2.33. The highest BCUT2D eigenvalue weighted by Crippen LogP contribution is 2.13. The number of thioether (sulfide) groups is 1. The Hall–Kier alpha value is -1.86. The molecular weight excluding hydrogens is 244 g/mol. The van der Waals surface area contributed by atoms with Crippen LogP contribution in [0.2, 0.25) is 0 Å². The molecule has 3 nitrogen and oxygen atoms in total. The van der Waals surface area contributed by atoms with Crippen LogP contribution in [0.25, 0.3) is 10.8 Å². The third kappa shape index (κ3) is 2.52. The summed E-state index contributed by atoms with van der Waals surface area (Å²) in [4.78, 5) is 12.2. The van der Waals surface area contributed by atoms with Crippen LogP contribution in [0.4, 0.5) is 5.82 Å². The van der Waals surface area contributed by atoms with E-state index in [9.17, 15) is 4.79 Å². The summed E-state index contributed by atoms with van der Waals surface area (Å²) in [6, 6.07) is 9.31. The molecule has 18 heavy (non-hydrogen) atoms. The van der Waals surface area contributed by atoms with Crippen LogP contribution in [0.5, 0.6) is 0 Å². The first-order valence-corrected chi connectivity index (χ1v) is 6.79. The molecule has 0 unspecified atom stereocenters. The van der Waals surface area contributed by atoms with Crippen LogP contribution < -0.4 is 11.3 Å². The van der Waals surface area contributed by atoms with Gasteiger partial charge < -0.3 is 5.73 Å². The van der Waals surface area contributed by atoms with E-state index in [0.717, 1.165) is 11.1 Å². The normalized spacial score (nSPS) is 10.4. The molecule has 0 aliphatic heterocycles. The molecule has 1 heterocycles. The number of benzene rings is 1. The molecule has 0 spiro atoms. The lowest BCUT2D eigenvalue weighted by molar-refractivity contribution is 0.755. The number of anilines is 1. The largest absolute Gasteiger partial charge is 0.385 e. The average Bonchev–Trinajstić information content (AvgIpc) is 2.38. The minimum Gasteiger partial charge on any atom is -0.385 e. The standard InChI is InChI=1S/C14H14N2OS/c1-2-8-18-9-7-16-13(15)10-11-5-3-4-6-12(11)14(16)17/h1,3-6,10H,7-9,15H2. The van der Waals surface area contributed by atoms with Gasteiger partial charge in [-0.05, 0) is 17.5 Å². The van der Waals surface area contributed by atoms with Crippen molar-refractivity contribution in [3.63, 3.8) is 0 Å². The van der Waals surface area contributed by atoms with E-state index in [1.54, 1.807) is 16.3 Å². The summed E-state index contributed by atoms with van der Waals surface area (Å²) in [6.45, 7) is 0.585. The number of fused-ring (bicyclic) bond motifs is 1. The smallest absolute Gasteiger partial charge is 0.260 e. The number of pyridine rings is 1. The minimum absolute atomic E-state index is 0.0353. The van der Waals surface area contributed by atoms with Crippen molar-refractivity contribution < 1.29 is 0 Å². The molecule has 0 fully saturated rings. The van der Waals surface area contributed by atoms with Gasteiger partial charge in [-0.15, -0.1) is 18.2 Å². The number of hydrogen-bond donors (Lipinski definition) is 1. The van der Waals surface area contributed by atoms with Gasteiger partial charge in [0.15, 0.2) is 0 Å². The molecule has 2 N–H and O–H groups in total. The van der Waals surface area contributed by atoms with Crippen molar-refractivity contribution >= 4 is 28.4 Å². The molecule has 2 rings (SSSR count). The maximum Gasteiger partial charge on any atom is 0.260 e. The van der Waals surface area contributed by atoms with E-state index >= 15 is 0 Å². The predicted octanol–water partition coefficient (Wildman–Crippen LogP) is 1.95. The summed E-state index contributed by atoms with van der Waals surface area (Å²) in [6.07, 6.45) is 5.18. The van der Waals surface area contributed by atoms with Crippen molar-refractivity contribution in [2.24, 2.45) is 0 Å². The summed E-state index contributed by atoms with van der Waals surface area (Å²) >= 11 is 1.62. The molecule has 0 radical (unpaired) electrons. The molecule has 0 amide bonds. The first-order chi connectivity index (χ1) is 8.74. The zero-order valence-electron chi connectivity index (χ0n) is 9.93. The topological polar surface area (TPSA) is 48.0 Å². The van der Waals surface area contributed by atoms with Gasteiger partial charge >= 0.3 is 0 Å². The second-order valence-electron chi connectivity index (χ2n) is 3.87. The fraction of sp³-hybridized carbons (Fsp3) is 0.214. The Morgan fingerprint density at radius 1 is 1.39 bits per heavy atom. The Bertz CT molecular complexity index is 655.